The highest BCUT2D eigenvalue weighted by Crippen LogP contribution is 2.24. The van der Waals surface area contributed by atoms with Crippen LogP contribution in [0.2, 0.25) is 0 Å². The largest absolute Gasteiger partial charge is 0.384 e. The van der Waals surface area contributed by atoms with E-state index in [1.807, 2.05) is 30.3 Å². The lowest BCUT2D eigenvalue weighted by Gasteiger charge is -2.13. The van der Waals surface area contributed by atoms with E-state index in [1.165, 1.54) is 0 Å². The van der Waals surface area contributed by atoms with Gasteiger partial charge in [0.05, 0.1) is 23.2 Å². The van der Waals surface area contributed by atoms with Crippen LogP contribution in [0.4, 0.5) is 11.5 Å². The molecule has 0 unspecified atom stereocenters. The molecular weight excluding hydrogens is 372 g/mol. The molecule has 0 fully saturated rings. The number of imide groups is 1. The maximum absolute atomic E-state index is 12.5. The molecule has 0 saturated carbocycles. The number of pyridine rings is 1. The number of carbonyl (C=O) groups is 3. The topological polar surface area (TPSA) is 123 Å². The number of nitrogens with one attached hydrogen (secondary N) is 2. The molecule has 1 aromatic heterocycles. The predicted molar refractivity (Wildman–Crippen MR) is 107 cm³/mol. The standard InChI is InChI=1S/C21H16N4O4/c22-19-18-15(20(28)24-21(18)29)11-17(27)25(19)14-8-4-7-13(10-14)23-16(26)9-12-5-2-1-3-6-12/h1-8,10-11H,9,22H2,(H,23,26)(H,24,28,29). The lowest BCUT2D eigenvalue weighted by molar-refractivity contribution is -0.115. The molecule has 1 aliphatic rings. The molecule has 144 valence electrons. The van der Waals surface area contributed by atoms with Gasteiger partial charge in [0.2, 0.25) is 5.91 Å². The summed E-state index contributed by atoms with van der Waals surface area (Å²) in [5, 5.41) is 4.90. The number of benzene rings is 2. The van der Waals surface area contributed by atoms with Gasteiger partial charge in [-0.25, -0.2) is 0 Å². The van der Waals surface area contributed by atoms with Gasteiger partial charge >= 0.3 is 0 Å². The number of carbonyl (C=O) groups excluding carboxylic acids is 3. The third-order valence-electron chi connectivity index (χ3n) is 4.55. The van der Waals surface area contributed by atoms with Crippen molar-refractivity contribution in [2.24, 2.45) is 0 Å². The van der Waals surface area contributed by atoms with E-state index >= 15 is 0 Å². The first kappa shape index (κ1) is 18.2. The van der Waals surface area contributed by atoms with Crippen LogP contribution in [0.25, 0.3) is 5.69 Å². The van der Waals surface area contributed by atoms with Crippen LogP contribution >= 0.6 is 0 Å². The molecule has 2 aromatic carbocycles. The summed E-state index contributed by atoms with van der Waals surface area (Å²) in [5.41, 5.74) is 7.11. The van der Waals surface area contributed by atoms with Gasteiger partial charge < -0.3 is 11.1 Å². The van der Waals surface area contributed by atoms with Crippen molar-refractivity contribution in [1.82, 2.24) is 9.88 Å². The van der Waals surface area contributed by atoms with Crippen molar-refractivity contribution in [3.63, 3.8) is 0 Å². The molecule has 29 heavy (non-hydrogen) atoms. The Balaban J connectivity index is 1.66. The Kier molecular flexibility index (Phi) is 4.44. The fourth-order valence-electron chi connectivity index (χ4n) is 3.25. The molecule has 0 atom stereocenters. The number of nitrogens with zero attached hydrogens (tertiary/aromatic N) is 1. The molecule has 3 amide bonds. The molecule has 2 heterocycles. The highest BCUT2D eigenvalue weighted by molar-refractivity contribution is 6.23. The molecular formula is C21H16N4O4. The van der Waals surface area contributed by atoms with Gasteiger partial charge in [-0.15, -0.1) is 0 Å². The van der Waals surface area contributed by atoms with Crippen LogP contribution < -0.4 is 21.9 Å². The fourth-order valence-corrected chi connectivity index (χ4v) is 3.25. The van der Waals surface area contributed by atoms with E-state index in [4.69, 9.17) is 5.73 Å². The van der Waals surface area contributed by atoms with Gasteiger partial charge in [-0.05, 0) is 23.8 Å². The molecule has 0 bridgehead atoms. The predicted octanol–water partition coefficient (Wildman–Crippen LogP) is 1.48. The second-order valence-corrected chi connectivity index (χ2v) is 6.54. The number of hydrogen-bond acceptors (Lipinski definition) is 5. The van der Waals surface area contributed by atoms with Crippen molar-refractivity contribution in [3.05, 3.63) is 87.7 Å². The van der Waals surface area contributed by atoms with Crippen molar-refractivity contribution in [2.45, 2.75) is 6.42 Å². The lowest BCUT2D eigenvalue weighted by Crippen LogP contribution is -2.24. The van der Waals surface area contributed by atoms with Crippen LogP contribution in [0.15, 0.2) is 65.5 Å². The smallest absolute Gasteiger partial charge is 0.262 e. The van der Waals surface area contributed by atoms with E-state index in [0.717, 1.165) is 16.2 Å². The molecule has 0 radical (unpaired) electrons. The minimum Gasteiger partial charge on any atom is -0.384 e. The molecule has 0 saturated heterocycles. The summed E-state index contributed by atoms with van der Waals surface area (Å²) < 4.78 is 1.13. The Morgan fingerprint density at radius 1 is 0.966 bits per heavy atom. The molecule has 1 aliphatic heterocycles. The monoisotopic (exact) mass is 388 g/mol. The van der Waals surface area contributed by atoms with Crippen LogP contribution in [0, 0.1) is 0 Å². The number of nitrogen functional groups attached to an aromatic ring is 1. The summed E-state index contributed by atoms with van der Waals surface area (Å²) in [7, 11) is 0. The highest BCUT2D eigenvalue weighted by atomic mass is 16.2. The zero-order valence-electron chi connectivity index (χ0n) is 15.1. The van der Waals surface area contributed by atoms with Gasteiger partial charge in [0.25, 0.3) is 17.4 Å². The average Bonchev–Trinajstić information content (AvgIpc) is 2.96. The second kappa shape index (κ2) is 7.08. The fraction of sp³-hybridized carbons (Fsp3) is 0.0476. The van der Waals surface area contributed by atoms with E-state index in [-0.39, 0.29) is 29.3 Å². The first-order valence-corrected chi connectivity index (χ1v) is 8.79. The van der Waals surface area contributed by atoms with Crippen molar-refractivity contribution < 1.29 is 14.4 Å². The van der Waals surface area contributed by atoms with Crippen LogP contribution in [-0.2, 0) is 11.2 Å². The molecule has 0 spiro atoms. The zero-order valence-corrected chi connectivity index (χ0v) is 15.1. The van der Waals surface area contributed by atoms with E-state index in [1.54, 1.807) is 24.3 Å². The number of anilines is 2. The SMILES string of the molecule is Nc1c2c(cc(=O)n1-c1cccc(NC(=O)Cc3ccccc3)c1)C(=O)NC2=O. The van der Waals surface area contributed by atoms with E-state index in [2.05, 4.69) is 10.6 Å². The summed E-state index contributed by atoms with van der Waals surface area (Å²) in [4.78, 5) is 48.6. The van der Waals surface area contributed by atoms with E-state index in [9.17, 15) is 19.2 Å². The minimum absolute atomic E-state index is 0.0342. The number of nitrogens with two attached hydrogens (primary N) is 1. The van der Waals surface area contributed by atoms with Crippen LogP contribution in [0.5, 0.6) is 0 Å². The minimum atomic E-state index is -0.650. The Bertz CT molecular complexity index is 1220. The number of fused-ring (bicyclic) bond motifs is 1. The summed E-state index contributed by atoms with van der Waals surface area (Å²) in [6, 6.07) is 16.9. The molecule has 0 aliphatic carbocycles. The van der Waals surface area contributed by atoms with Gasteiger partial charge in [-0.3, -0.25) is 29.1 Å². The Morgan fingerprint density at radius 2 is 1.72 bits per heavy atom. The quantitative estimate of drug-likeness (QED) is 0.584. The number of hydrogen-bond donors (Lipinski definition) is 3. The number of amides is 3. The summed E-state index contributed by atoms with van der Waals surface area (Å²) in [6.07, 6.45) is 0.203. The summed E-state index contributed by atoms with van der Waals surface area (Å²) in [6.45, 7) is 0. The van der Waals surface area contributed by atoms with Crippen molar-refractivity contribution in [3.8, 4) is 5.69 Å². The Hall–Kier alpha value is -4.20. The van der Waals surface area contributed by atoms with Gasteiger partial charge in [0.15, 0.2) is 0 Å². The van der Waals surface area contributed by atoms with Crippen molar-refractivity contribution >= 4 is 29.2 Å². The number of aromatic nitrogens is 1. The molecule has 8 heteroatoms. The van der Waals surface area contributed by atoms with Crippen molar-refractivity contribution in [2.75, 3.05) is 11.1 Å². The maximum atomic E-state index is 12.5. The van der Waals surface area contributed by atoms with Gasteiger partial charge in [0.1, 0.15) is 5.82 Å². The lowest BCUT2D eigenvalue weighted by atomic mass is 10.1. The van der Waals surface area contributed by atoms with Gasteiger partial charge in [0, 0.05) is 11.8 Å². The van der Waals surface area contributed by atoms with E-state index in [0.29, 0.717) is 11.4 Å². The second-order valence-electron chi connectivity index (χ2n) is 6.54. The third-order valence-corrected chi connectivity index (χ3v) is 4.55. The molecule has 3 aromatic rings. The van der Waals surface area contributed by atoms with Gasteiger partial charge in [-0.1, -0.05) is 36.4 Å². The van der Waals surface area contributed by atoms with Crippen molar-refractivity contribution in [1.29, 1.82) is 0 Å². The number of rotatable bonds is 4. The summed E-state index contributed by atoms with van der Waals surface area (Å²) >= 11 is 0. The first-order chi connectivity index (χ1) is 13.9. The Labute approximate surface area is 165 Å². The van der Waals surface area contributed by atoms with Crippen LogP contribution in [0.1, 0.15) is 26.3 Å². The van der Waals surface area contributed by atoms with Gasteiger partial charge in [-0.2, -0.15) is 0 Å². The highest BCUT2D eigenvalue weighted by Gasteiger charge is 2.31. The first-order valence-electron chi connectivity index (χ1n) is 8.79. The van der Waals surface area contributed by atoms with Crippen LogP contribution in [-0.4, -0.2) is 22.3 Å². The zero-order chi connectivity index (χ0) is 20.5. The summed E-state index contributed by atoms with van der Waals surface area (Å²) in [5.74, 6) is -1.65. The maximum Gasteiger partial charge on any atom is 0.262 e. The average molecular weight is 388 g/mol. The van der Waals surface area contributed by atoms with E-state index < -0.39 is 17.4 Å². The normalized spacial score (nSPS) is 12.4. The third kappa shape index (κ3) is 3.39. The molecule has 4 N–H and O–H groups in total. The molecule has 8 nitrogen and oxygen atoms in total. The van der Waals surface area contributed by atoms with Crippen LogP contribution in [0.3, 0.4) is 0 Å². The molecule has 4 rings (SSSR count). The Morgan fingerprint density at radius 3 is 2.48 bits per heavy atom.